The second-order valence-electron chi connectivity index (χ2n) is 8.44. The molecule has 1 rings (SSSR count). The molecular weight excluding hydrogens is 292 g/mol. The topological polar surface area (TPSA) is 50.8 Å². The highest BCUT2D eigenvalue weighted by atomic mass is 16.6. The molecule has 0 aliphatic carbocycles. The van der Waals surface area contributed by atoms with Crippen molar-refractivity contribution in [1.82, 2.24) is 10.2 Å². The van der Waals surface area contributed by atoms with Crippen molar-refractivity contribution >= 4 is 6.09 Å². The van der Waals surface area contributed by atoms with E-state index in [1.807, 2.05) is 25.7 Å². The molecule has 0 radical (unpaired) electrons. The van der Waals surface area contributed by atoms with E-state index in [1.165, 1.54) is 0 Å². The van der Waals surface area contributed by atoms with E-state index >= 15 is 0 Å². The summed E-state index contributed by atoms with van der Waals surface area (Å²) < 4.78 is 11.1. The summed E-state index contributed by atoms with van der Waals surface area (Å²) in [6.45, 7) is 17.4. The molecule has 0 aromatic carbocycles. The van der Waals surface area contributed by atoms with E-state index in [-0.39, 0.29) is 12.1 Å². The fourth-order valence-corrected chi connectivity index (χ4v) is 2.48. The summed E-state index contributed by atoms with van der Waals surface area (Å²) in [6, 6.07) is 0.406. The molecule has 0 saturated carbocycles. The zero-order valence-corrected chi connectivity index (χ0v) is 16.1. The fraction of sp³-hybridized carbons (Fsp3) is 0.944. The van der Waals surface area contributed by atoms with E-state index in [1.54, 1.807) is 0 Å². The molecule has 0 bridgehead atoms. The van der Waals surface area contributed by atoms with Gasteiger partial charge in [-0.05, 0) is 46.0 Å². The van der Waals surface area contributed by atoms with Crippen molar-refractivity contribution < 1.29 is 14.3 Å². The summed E-state index contributed by atoms with van der Waals surface area (Å²) in [5.74, 6) is 0. The largest absolute Gasteiger partial charge is 0.444 e. The van der Waals surface area contributed by atoms with Crippen LogP contribution in [-0.2, 0) is 9.47 Å². The van der Waals surface area contributed by atoms with E-state index in [0.29, 0.717) is 31.2 Å². The second-order valence-corrected chi connectivity index (χ2v) is 8.44. The summed E-state index contributed by atoms with van der Waals surface area (Å²) in [5, 5.41) is 3.59. The lowest BCUT2D eigenvalue weighted by Gasteiger charge is -2.38. The van der Waals surface area contributed by atoms with Crippen LogP contribution >= 0.6 is 0 Å². The third kappa shape index (κ3) is 7.53. The van der Waals surface area contributed by atoms with Gasteiger partial charge in [0.05, 0.1) is 19.3 Å². The number of ether oxygens (including phenoxy) is 2. The predicted molar refractivity (Wildman–Crippen MR) is 93.7 cm³/mol. The molecule has 0 aromatic heterocycles. The van der Waals surface area contributed by atoms with Crippen molar-refractivity contribution in [3.8, 4) is 0 Å². The van der Waals surface area contributed by atoms with Gasteiger partial charge in [0.15, 0.2) is 0 Å². The number of nitrogens with zero attached hydrogens (tertiary/aromatic N) is 1. The molecule has 2 unspecified atom stereocenters. The van der Waals surface area contributed by atoms with Gasteiger partial charge in [0.1, 0.15) is 5.60 Å². The van der Waals surface area contributed by atoms with Crippen molar-refractivity contribution in [3.63, 3.8) is 0 Å². The Morgan fingerprint density at radius 1 is 1.35 bits per heavy atom. The molecule has 0 aromatic rings. The Kier molecular flexibility index (Phi) is 7.33. The van der Waals surface area contributed by atoms with Gasteiger partial charge < -0.3 is 19.7 Å². The van der Waals surface area contributed by atoms with Gasteiger partial charge in [-0.1, -0.05) is 20.8 Å². The van der Waals surface area contributed by atoms with E-state index in [0.717, 1.165) is 19.4 Å². The number of carbonyl (C=O) groups is 1. The van der Waals surface area contributed by atoms with Crippen LogP contribution in [0.25, 0.3) is 0 Å². The first-order chi connectivity index (χ1) is 10.5. The summed E-state index contributed by atoms with van der Waals surface area (Å²) in [5.41, 5.74) is -0.170. The average molecular weight is 328 g/mol. The molecule has 1 saturated heterocycles. The molecule has 136 valence electrons. The van der Waals surface area contributed by atoms with Gasteiger partial charge in [-0.3, -0.25) is 0 Å². The van der Waals surface area contributed by atoms with Crippen LogP contribution in [0.15, 0.2) is 0 Å². The van der Waals surface area contributed by atoms with Gasteiger partial charge in [0.2, 0.25) is 0 Å². The third-order valence-corrected chi connectivity index (χ3v) is 4.37. The monoisotopic (exact) mass is 328 g/mol. The Balaban J connectivity index is 2.56. The predicted octanol–water partition coefficient (Wildman–Crippen LogP) is 3.43. The van der Waals surface area contributed by atoms with Crippen molar-refractivity contribution in [2.45, 2.75) is 79.0 Å². The van der Waals surface area contributed by atoms with Crippen LogP contribution in [0, 0.1) is 5.41 Å². The van der Waals surface area contributed by atoms with Crippen molar-refractivity contribution in [1.29, 1.82) is 0 Å². The molecule has 1 aliphatic heterocycles. The number of hydrogen-bond acceptors (Lipinski definition) is 4. The third-order valence-electron chi connectivity index (χ3n) is 4.37. The molecule has 5 heteroatoms. The molecule has 1 aliphatic rings. The molecule has 23 heavy (non-hydrogen) atoms. The maximum absolute atomic E-state index is 12.4. The molecule has 1 fully saturated rings. The number of rotatable bonds is 6. The lowest BCUT2D eigenvalue weighted by molar-refractivity contribution is -0.0357. The molecule has 1 heterocycles. The zero-order valence-electron chi connectivity index (χ0n) is 16.1. The Morgan fingerprint density at radius 3 is 2.57 bits per heavy atom. The summed E-state index contributed by atoms with van der Waals surface area (Å²) in [6.07, 6.45) is 1.79. The maximum Gasteiger partial charge on any atom is 0.410 e. The minimum atomic E-state index is -0.463. The van der Waals surface area contributed by atoms with Crippen LogP contribution in [0.5, 0.6) is 0 Å². The first-order valence-electron chi connectivity index (χ1n) is 8.85. The molecule has 5 nitrogen and oxygen atoms in total. The lowest BCUT2D eigenvalue weighted by Crippen LogP contribution is -2.52. The van der Waals surface area contributed by atoms with Crippen molar-refractivity contribution in [2.24, 2.45) is 5.41 Å². The molecular formula is C18H36N2O3. The number of amides is 1. The Bertz CT molecular complexity index is 377. The van der Waals surface area contributed by atoms with E-state index < -0.39 is 5.60 Å². The normalized spacial score (nSPS) is 21.2. The van der Waals surface area contributed by atoms with Crippen LogP contribution < -0.4 is 5.32 Å². The van der Waals surface area contributed by atoms with Gasteiger partial charge in [-0.2, -0.15) is 0 Å². The molecule has 0 spiro atoms. The maximum atomic E-state index is 12.4. The van der Waals surface area contributed by atoms with Gasteiger partial charge in [-0.25, -0.2) is 4.79 Å². The average Bonchev–Trinajstić information content (AvgIpc) is 2.44. The first kappa shape index (κ1) is 20.2. The fourth-order valence-electron chi connectivity index (χ4n) is 2.48. The molecule has 1 N–H and O–H groups in total. The summed E-state index contributed by atoms with van der Waals surface area (Å²) in [7, 11) is 0. The van der Waals surface area contributed by atoms with Crippen molar-refractivity contribution in [3.05, 3.63) is 0 Å². The number of morpholine rings is 1. The highest BCUT2D eigenvalue weighted by molar-refractivity contribution is 5.68. The second kappa shape index (κ2) is 8.34. The minimum absolute atomic E-state index is 0.0749. The van der Waals surface area contributed by atoms with E-state index in [9.17, 15) is 4.79 Å². The number of nitrogens with one attached hydrogen (secondary N) is 1. The first-order valence-corrected chi connectivity index (χ1v) is 8.85. The van der Waals surface area contributed by atoms with Crippen LogP contribution in [0.4, 0.5) is 4.79 Å². The summed E-state index contributed by atoms with van der Waals surface area (Å²) >= 11 is 0. The van der Waals surface area contributed by atoms with Crippen LogP contribution in [0.1, 0.15) is 61.3 Å². The van der Waals surface area contributed by atoms with Crippen LogP contribution in [0.2, 0.25) is 0 Å². The zero-order chi connectivity index (χ0) is 17.7. The highest BCUT2D eigenvalue weighted by Crippen LogP contribution is 2.20. The number of hydrogen-bond donors (Lipinski definition) is 1. The highest BCUT2D eigenvalue weighted by Gasteiger charge is 2.32. The lowest BCUT2D eigenvalue weighted by atomic mass is 9.90. The van der Waals surface area contributed by atoms with Crippen LogP contribution in [-0.4, -0.2) is 55.0 Å². The smallest absolute Gasteiger partial charge is 0.410 e. The van der Waals surface area contributed by atoms with Gasteiger partial charge in [0, 0.05) is 19.1 Å². The minimum Gasteiger partial charge on any atom is -0.444 e. The molecule has 2 atom stereocenters. The summed E-state index contributed by atoms with van der Waals surface area (Å²) in [4.78, 5) is 14.2. The van der Waals surface area contributed by atoms with Crippen molar-refractivity contribution in [2.75, 3.05) is 26.3 Å². The Labute approximate surface area is 142 Å². The van der Waals surface area contributed by atoms with Crippen LogP contribution in [0.3, 0.4) is 0 Å². The van der Waals surface area contributed by atoms with Gasteiger partial charge >= 0.3 is 6.09 Å². The van der Waals surface area contributed by atoms with E-state index in [4.69, 9.17) is 9.47 Å². The SMILES string of the molecule is CCC(C)(C)CNC(C)CC1COCCN1C(=O)OC(C)(C)C. The number of carbonyl (C=O) groups excluding carboxylic acids is 1. The van der Waals surface area contributed by atoms with Gasteiger partial charge in [-0.15, -0.1) is 0 Å². The Hall–Kier alpha value is -0.810. The van der Waals surface area contributed by atoms with Gasteiger partial charge in [0.25, 0.3) is 0 Å². The standard InChI is InChI=1S/C18H36N2O3/c1-8-18(6,7)13-19-14(2)11-15-12-22-10-9-20(15)16(21)23-17(3,4)5/h14-15,19H,8-13H2,1-7H3. The quantitative estimate of drug-likeness (QED) is 0.811. The van der Waals surface area contributed by atoms with E-state index in [2.05, 4.69) is 33.0 Å². The molecule has 1 amide bonds. The Morgan fingerprint density at radius 2 is 2.00 bits per heavy atom.